The minimum absolute atomic E-state index is 0.111. The molecule has 0 aliphatic heterocycles. The lowest BCUT2D eigenvalue weighted by Gasteiger charge is -2.17. The number of hydrogen-bond donors (Lipinski definition) is 1. The Morgan fingerprint density at radius 3 is 1.88 bits per heavy atom. The number of hydrogen-bond acceptors (Lipinski definition) is 7. The average molecular weight is 546 g/mol. The van der Waals surface area contributed by atoms with Gasteiger partial charge in [0.1, 0.15) is 6.61 Å². The highest BCUT2D eigenvalue weighted by atomic mass is 16.5. The van der Waals surface area contributed by atoms with Crippen LogP contribution >= 0.6 is 0 Å². The molecule has 1 aliphatic carbocycles. The van der Waals surface area contributed by atoms with Gasteiger partial charge in [-0.15, -0.1) is 0 Å². The second-order valence-electron chi connectivity index (χ2n) is 9.59. The molecule has 0 atom stereocenters. The molecular formula is C32H35NO7. The number of fused-ring (bicyclic) bond motifs is 1. The zero-order valence-electron chi connectivity index (χ0n) is 24.0. The van der Waals surface area contributed by atoms with Crippen molar-refractivity contribution < 1.29 is 33.6 Å². The molecule has 0 spiro atoms. The highest BCUT2D eigenvalue weighted by Crippen LogP contribution is 2.48. The molecule has 0 saturated heterocycles. The molecule has 0 aromatic heterocycles. The van der Waals surface area contributed by atoms with Crippen molar-refractivity contribution in [3.05, 3.63) is 76.4 Å². The van der Waals surface area contributed by atoms with E-state index in [9.17, 15) is 9.90 Å². The first-order valence-corrected chi connectivity index (χ1v) is 12.8. The lowest BCUT2D eigenvalue weighted by molar-refractivity contribution is -0.135. The van der Waals surface area contributed by atoms with Crippen molar-refractivity contribution in [2.45, 2.75) is 20.0 Å². The number of carbonyl (C=O) groups is 1. The number of rotatable bonds is 11. The highest BCUT2D eigenvalue weighted by Gasteiger charge is 2.28. The quantitative estimate of drug-likeness (QED) is 0.306. The molecule has 40 heavy (non-hydrogen) atoms. The van der Waals surface area contributed by atoms with Gasteiger partial charge in [0.25, 0.3) is 0 Å². The summed E-state index contributed by atoms with van der Waals surface area (Å²) in [6.45, 7) is 2.27. The first-order chi connectivity index (χ1) is 19.2. The Kier molecular flexibility index (Phi) is 8.58. The summed E-state index contributed by atoms with van der Waals surface area (Å²) in [5.41, 5.74) is 7.08. The van der Waals surface area contributed by atoms with Gasteiger partial charge in [0.15, 0.2) is 23.0 Å². The van der Waals surface area contributed by atoms with Crippen LogP contribution in [0.3, 0.4) is 0 Å². The van der Waals surface area contributed by atoms with E-state index in [-0.39, 0.29) is 6.42 Å². The Bertz CT molecular complexity index is 1440. The highest BCUT2D eigenvalue weighted by molar-refractivity contribution is 6.08. The Morgan fingerprint density at radius 2 is 1.38 bits per heavy atom. The first kappa shape index (κ1) is 28.4. The van der Waals surface area contributed by atoms with Crippen molar-refractivity contribution in [1.29, 1.82) is 0 Å². The van der Waals surface area contributed by atoms with Gasteiger partial charge in [-0.25, -0.2) is 0 Å². The molecule has 8 heteroatoms. The number of benzene rings is 3. The van der Waals surface area contributed by atoms with E-state index in [0.29, 0.717) is 35.4 Å². The molecule has 0 fully saturated rings. The maximum atomic E-state index is 11.7. The van der Waals surface area contributed by atoms with Crippen LogP contribution in [0.4, 0.5) is 5.69 Å². The summed E-state index contributed by atoms with van der Waals surface area (Å²) in [6.07, 6.45) is 1.88. The van der Waals surface area contributed by atoms with E-state index in [1.807, 2.05) is 80.5 Å². The lowest BCUT2D eigenvalue weighted by Crippen LogP contribution is -2.08. The van der Waals surface area contributed by atoms with E-state index in [4.69, 9.17) is 23.7 Å². The van der Waals surface area contributed by atoms with Crippen molar-refractivity contribution >= 4 is 28.9 Å². The number of allylic oxidation sites excluding steroid dienone is 2. The summed E-state index contributed by atoms with van der Waals surface area (Å²) in [6, 6.07) is 15.6. The molecule has 3 aromatic carbocycles. The molecule has 1 N–H and O–H groups in total. The molecule has 0 saturated carbocycles. The van der Waals surface area contributed by atoms with Crippen LogP contribution in [0.2, 0.25) is 0 Å². The third-order valence-electron chi connectivity index (χ3n) is 6.95. The fraction of sp³-hybridized carbons (Fsp3) is 0.281. The minimum atomic E-state index is -0.905. The molecule has 210 valence electrons. The zero-order valence-corrected chi connectivity index (χ0v) is 24.0. The van der Waals surface area contributed by atoms with E-state index < -0.39 is 5.97 Å². The topological polar surface area (TPSA) is 86.7 Å². The van der Waals surface area contributed by atoms with E-state index in [0.717, 1.165) is 44.7 Å². The summed E-state index contributed by atoms with van der Waals surface area (Å²) in [5.74, 6) is 1.75. The lowest BCUT2D eigenvalue weighted by atomic mass is 9.99. The Morgan fingerprint density at radius 1 is 0.825 bits per heavy atom. The van der Waals surface area contributed by atoms with Gasteiger partial charge >= 0.3 is 5.97 Å². The number of carboxylic acids is 1. The third kappa shape index (κ3) is 5.71. The molecular weight excluding hydrogens is 510 g/mol. The van der Waals surface area contributed by atoms with Crippen molar-refractivity contribution in [1.82, 2.24) is 0 Å². The van der Waals surface area contributed by atoms with E-state index in [1.165, 1.54) is 0 Å². The number of aliphatic carboxylic acids is 1. The second-order valence-corrected chi connectivity index (χ2v) is 9.59. The summed E-state index contributed by atoms with van der Waals surface area (Å²) < 4.78 is 28.6. The molecule has 0 unspecified atom stereocenters. The molecule has 1 aliphatic rings. The van der Waals surface area contributed by atoms with Crippen LogP contribution in [0.5, 0.6) is 28.7 Å². The van der Waals surface area contributed by atoms with E-state index in [2.05, 4.69) is 0 Å². The van der Waals surface area contributed by atoms with Crippen LogP contribution in [-0.2, 0) is 11.4 Å². The third-order valence-corrected chi connectivity index (χ3v) is 6.95. The van der Waals surface area contributed by atoms with Gasteiger partial charge < -0.3 is 33.7 Å². The SMILES string of the molecule is COc1cc2c(cc1OC)/C(=C\c1cc(OC)c(OCc3ccc(N(C)C)cc3)c(OC)c1)C(C)=C2CC(=O)O. The molecule has 3 aromatic rings. The van der Waals surface area contributed by atoms with Crippen LogP contribution < -0.4 is 28.6 Å². The van der Waals surface area contributed by atoms with Crippen LogP contribution in [0.25, 0.3) is 17.2 Å². The number of ether oxygens (including phenoxy) is 5. The maximum absolute atomic E-state index is 11.7. The predicted molar refractivity (Wildman–Crippen MR) is 157 cm³/mol. The second kappa shape index (κ2) is 12.1. The van der Waals surface area contributed by atoms with Gasteiger partial charge in [0.05, 0.1) is 34.9 Å². The van der Waals surface area contributed by atoms with E-state index in [1.54, 1.807) is 28.4 Å². The molecule has 0 heterocycles. The Hall–Kier alpha value is -4.59. The number of anilines is 1. The van der Waals surface area contributed by atoms with Gasteiger partial charge in [-0.2, -0.15) is 0 Å². The van der Waals surface area contributed by atoms with E-state index >= 15 is 0 Å². The normalized spacial score (nSPS) is 13.2. The Labute approximate surface area is 235 Å². The van der Waals surface area contributed by atoms with Crippen molar-refractivity contribution in [3.8, 4) is 28.7 Å². The van der Waals surface area contributed by atoms with Gasteiger partial charge in [0, 0.05) is 19.8 Å². The van der Waals surface area contributed by atoms with Crippen LogP contribution in [0.1, 0.15) is 35.6 Å². The predicted octanol–water partition coefficient (Wildman–Crippen LogP) is 6.17. The van der Waals surface area contributed by atoms with Crippen molar-refractivity contribution in [2.24, 2.45) is 0 Å². The summed E-state index contributed by atoms with van der Waals surface area (Å²) in [5, 5.41) is 9.60. The van der Waals surface area contributed by atoms with Crippen LogP contribution in [0.15, 0.2) is 54.1 Å². The fourth-order valence-electron chi connectivity index (χ4n) is 4.82. The summed E-state index contributed by atoms with van der Waals surface area (Å²) in [4.78, 5) is 13.8. The van der Waals surface area contributed by atoms with Gasteiger partial charge in [-0.3, -0.25) is 4.79 Å². The zero-order chi connectivity index (χ0) is 29.0. The first-order valence-electron chi connectivity index (χ1n) is 12.8. The van der Waals surface area contributed by atoms with Gasteiger partial charge in [-0.05, 0) is 88.4 Å². The van der Waals surface area contributed by atoms with Crippen LogP contribution in [0, 0.1) is 0 Å². The smallest absolute Gasteiger partial charge is 0.307 e. The Balaban J connectivity index is 1.74. The number of methoxy groups -OCH3 is 4. The largest absolute Gasteiger partial charge is 0.493 e. The molecule has 0 radical (unpaired) electrons. The fourth-order valence-corrected chi connectivity index (χ4v) is 4.82. The number of nitrogens with zero attached hydrogens (tertiary/aromatic N) is 1. The average Bonchev–Trinajstić information content (AvgIpc) is 3.19. The maximum Gasteiger partial charge on any atom is 0.307 e. The van der Waals surface area contributed by atoms with Gasteiger partial charge in [0.2, 0.25) is 5.75 Å². The molecule has 0 bridgehead atoms. The molecule has 8 nitrogen and oxygen atoms in total. The van der Waals surface area contributed by atoms with Crippen molar-refractivity contribution in [3.63, 3.8) is 0 Å². The molecule has 0 amide bonds. The monoisotopic (exact) mass is 545 g/mol. The van der Waals surface area contributed by atoms with Crippen LogP contribution in [-0.4, -0.2) is 53.6 Å². The summed E-state index contributed by atoms with van der Waals surface area (Å²) in [7, 11) is 10.3. The minimum Gasteiger partial charge on any atom is -0.493 e. The van der Waals surface area contributed by atoms with Gasteiger partial charge in [-0.1, -0.05) is 12.1 Å². The van der Waals surface area contributed by atoms with Crippen molar-refractivity contribution in [2.75, 3.05) is 47.4 Å². The molecule has 4 rings (SSSR count). The summed E-state index contributed by atoms with van der Waals surface area (Å²) >= 11 is 0. The standard InChI is InChI=1S/C32H35NO7/c1-19-23(25-15-27(36-4)28(37-5)16-26(25)24(19)17-31(34)35)12-21-13-29(38-6)32(30(14-21)39-7)40-18-20-8-10-22(11-9-20)33(2)3/h8-16H,17-18H2,1-7H3,(H,34,35)/b23-12-. The number of carboxylic acid groups (broad SMARTS) is 1.